The number of para-hydroxylation sites is 1. The molecule has 4 nitrogen and oxygen atoms in total. The molecule has 0 aliphatic rings. The summed E-state index contributed by atoms with van der Waals surface area (Å²) >= 11 is 1.39. The van der Waals surface area contributed by atoms with Gasteiger partial charge in [-0.1, -0.05) is 17.8 Å². The first-order valence-electron chi connectivity index (χ1n) is 5.11. The Labute approximate surface area is 103 Å². The van der Waals surface area contributed by atoms with E-state index in [1.807, 2.05) is 6.26 Å². The first kappa shape index (κ1) is 11.9. The van der Waals surface area contributed by atoms with Gasteiger partial charge in [-0.05, 0) is 25.3 Å². The molecule has 0 unspecified atom stereocenters. The van der Waals surface area contributed by atoms with Gasteiger partial charge in [-0.15, -0.1) is 0 Å². The second kappa shape index (κ2) is 4.33. The zero-order chi connectivity index (χ0) is 12.6. The van der Waals surface area contributed by atoms with Crippen LogP contribution in [0.4, 0.5) is 0 Å². The van der Waals surface area contributed by atoms with Crippen molar-refractivity contribution in [3.8, 4) is 0 Å². The third kappa shape index (κ3) is 1.86. The molecule has 0 radical (unpaired) electrons. The molecule has 1 aromatic heterocycles. The lowest BCUT2D eigenvalue weighted by molar-refractivity contribution is 0.101. The zero-order valence-electron chi connectivity index (χ0n) is 9.85. The summed E-state index contributed by atoms with van der Waals surface area (Å²) in [5.41, 5.74) is 0.866. The molecule has 5 heteroatoms. The average molecular weight is 248 g/mol. The van der Waals surface area contributed by atoms with Crippen LogP contribution in [-0.2, 0) is 7.05 Å². The highest BCUT2D eigenvalue weighted by Gasteiger charge is 2.12. The van der Waals surface area contributed by atoms with Crippen LogP contribution in [0.25, 0.3) is 10.9 Å². The smallest absolute Gasteiger partial charge is 0.261 e. The van der Waals surface area contributed by atoms with Crippen LogP contribution in [0.15, 0.2) is 28.2 Å². The lowest BCUT2D eigenvalue weighted by atomic mass is 10.1. The first-order valence-corrected chi connectivity index (χ1v) is 6.33. The molecule has 0 aliphatic heterocycles. The number of hydrogen-bond acceptors (Lipinski definition) is 4. The van der Waals surface area contributed by atoms with Crippen molar-refractivity contribution in [3.05, 3.63) is 34.1 Å². The molecule has 2 rings (SSSR count). The van der Waals surface area contributed by atoms with Crippen LogP contribution in [0.1, 0.15) is 17.3 Å². The van der Waals surface area contributed by atoms with Gasteiger partial charge in [0.1, 0.15) is 0 Å². The summed E-state index contributed by atoms with van der Waals surface area (Å²) < 4.78 is 1.50. The molecule has 0 atom stereocenters. The van der Waals surface area contributed by atoms with Gasteiger partial charge in [0.15, 0.2) is 10.9 Å². The Morgan fingerprint density at radius 1 is 1.41 bits per heavy atom. The minimum atomic E-state index is -0.123. The Morgan fingerprint density at radius 3 is 2.71 bits per heavy atom. The molecule has 0 aliphatic carbocycles. The number of nitrogens with zero attached hydrogens (tertiary/aromatic N) is 2. The van der Waals surface area contributed by atoms with Crippen LogP contribution >= 0.6 is 11.8 Å². The maximum Gasteiger partial charge on any atom is 0.261 e. The van der Waals surface area contributed by atoms with E-state index in [-0.39, 0.29) is 11.3 Å². The fourth-order valence-electron chi connectivity index (χ4n) is 1.74. The van der Waals surface area contributed by atoms with Crippen molar-refractivity contribution in [3.63, 3.8) is 0 Å². The lowest BCUT2D eigenvalue weighted by Crippen LogP contribution is -2.20. The summed E-state index contributed by atoms with van der Waals surface area (Å²) in [5, 5.41) is 1.09. The second-order valence-electron chi connectivity index (χ2n) is 3.72. The van der Waals surface area contributed by atoms with Crippen molar-refractivity contribution in [1.82, 2.24) is 9.55 Å². The Kier molecular flexibility index (Phi) is 3.02. The van der Waals surface area contributed by atoms with E-state index in [1.165, 1.54) is 23.3 Å². The van der Waals surface area contributed by atoms with Crippen molar-refractivity contribution >= 4 is 28.4 Å². The molecule has 0 amide bonds. The summed E-state index contributed by atoms with van der Waals surface area (Å²) in [6, 6.07) is 5.10. The second-order valence-corrected chi connectivity index (χ2v) is 4.49. The molecule has 0 fully saturated rings. The largest absolute Gasteiger partial charge is 0.294 e. The fourth-order valence-corrected chi connectivity index (χ4v) is 2.28. The van der Waals surface area contributed by atoms with E-state index in [1.54, 1.807) is 25.2 Å². The molecule has 1 aromatic carbocycles. The summed E-state index contributed by atoms with van der Waals surface area (Å²) in [4.78, 5) is 28.0. The van der Waals surface area contributed by atoms with E-state index in [0.29, 0.717) is 21.6 Å². The van der Waals surface area contributed by atoms with Crippen molar-refractivity contribution in [2.45, 2.75) is 12.1 Å². The summed E-state index contributed by atoms with van der Waals surface area (Å²) in [6.07, 6.45) is 1.85. The number of ketones is 1. The molecule has 0 bridgehead atoms. The standard InChI is InChI=1S/C12H12N2O2S/c1-7(15)8-5-4-6-9-10(8)13-12(17-3)14(2)11(9)16/h4-6H,1-3H3. The van der Waals surface area contributed by atoms with Crippen LogP contribution in [0, 0.1) is 0 Å². The Balaban J connectivity index is 2.97. The maximum absolute atomic E-state index is 12.1. The Bertz CT molecular complexity index is 661. The van der Waals surface area contributed by atoms with Crippen molar-refractivity contribution in [1.29, 1.82) is 0 Å². The molecular weight excluding hydrogens is 236 g/mol. The van der Waals surface area contributed by atoms with Gasteiger partial charge in [-0.3, -0.25) is 14.2 Å². The van der Waals surface area contributed by atoms with E-state index in [9.17, 15) is 9.59 Å². The molecule has 17 heavy (non-hydrogen) atoms. The van der Waals surface area contributed by atoms with Crippen molar-refractivity contribution < 1.29 is 4.79 Å². The van der Waals surface area contributed by atoms with Crippen LogP contribution in [0.5, 0.6) is 0 Å². The van der Waals surface area contributed by atoms with Gasteiger partial charge in [0.25, 0.3) is 5.56 Å². The number of carbonyl (C=O) groups is 1. The number of hydrogen-bond donors (Lipinski definition) is 0. The third-order valence-electron chi connectivity index (χ3n) is 2.63. The van der Waals surface area contributed by atoms with Gasteiger partial charge in [-0.2, -0.15) is 0 Å². The Hall–Kier alpha value is -1.62. The van der Waals surface area contributed by atoms with Crippen molar-refractivity contribution in [2.24, 2.45) is 7.05 Å². The van der Waals surface area contributed by atoms with Gasteiger partial charge < -0.3 is 0 Å². The maximum atomic E-state index is 12.1. The van der Waals surface area contributed by atoms with E-state index in [4.69, 9.17) is 0 Å². The minimum absolute atomic E-state index is 0.0802. The topological polar surface area (TPSA) is 52.0 Å². The molecule has 1 heterocycles. The van der Waals surface area contributed by atoms with Crippen molar-refractivity contribution in [2.75, 3.05) is 6.26 Å². The SMILES string of the molecule is CSc1nc2c(C(C)=O)cccc2c(=O)n1C. The quantitative estimate of drug-likeness (QED) is 0.462. The molecule has 88 valence electrons. The lowest BCUT2D eigenvalue weighted by Gasteiger charge is -2.08. The number of carbonyl (C=O) groups excluding carboxylic acids is 1. The number of thioether (sulfide) groups is 1. The van der Waals surface area contributed by atoms with Crippen LogP contribution in [0.3, 0.4) is 0 Å². The molecular formula is C12H12N2O2S. The van der Waals surface area contributed by atoms with Gasteiger partial charge in [0, 0.05) is 12.6 Å². The number of rotatable bonds is 2. The summed E-state index contributed by atoms with van der Waals surface area (Å²) in [7, 11) is 1.68. The minimum Gasteiger partial charge on any atom is -0.294 e. The number of Topliss-reactive ketones (excluding diaryl/α,β-unsaturated/α-hetero) is 1. The number of aromatic nitrogens is 2. The van der Waals surface area contributed by atoms with Gasteiger partial charge >= 0.3 is 0 Å². The van der Waals surface area contributed by atoms with Crippen LogP contribution < -0.4 is 5.56 Å². The number of fused-ring (bicyclic) bond motifs is 1. The fraction of sp³-hybridized carbons (Fsp3) is 0.250. The zero-order valence-corrected chi connectivity index (χ0v) is 10.7. The molecule has 2 aromatic rings. The predicted molar refractivity (Wildman–Crippen MR) is 68.8 cm³/mol. The monoisotopic (exact) mass is 248 g/mol. The number of benzene rings is 1. The van der Waals surface area contributed by atoms with Gasteiger partial charge in [0.2, 0.25) is 0 Å². The van der Waals surface area contributed by atoms with E-state index < -0.39 is 0 Å². The molecule has 0 spiro atoms. The third-order valence-corrected chi connectivity index (χ3v) is 3.36. The van der Waals surface area contributed by atoms with E-state index in [0.717, 1.165) is 0 Å². The average Bonchev–Trinajstić information content (AvgIpc) is 2.32. The van der Waals surface area contributed by atoms with Crippen LogP contribution in [0.2, 0.25) is 0 Å². The summed E-state index contributed by atoms with van der Waals surface area (Å²) in [5.74, 6) is -0.0802. The molecule has 0 saturated carbocycles. The highest BCUT2D eigenvalue weighted by Crippen LogP contribution is 2.18. The molecule has 0 N–H and O–H groups in total. The Morgan fingerprint density at radius 2 is 2.12 bits per heavy atom. The highest BCUT2D eigenvalue weighted by atomic mass is 32.2. The predicted octanol–water partition coefficient (Wildman–Crippen LogP) is 1.86. The summed E-state index contributed by atoms with van der Waals surface area (Å²) in [6.45, 7) is 1.48. The highest BCUT2D eigenvalue weighted by molar-refractivity contribution is 7.98. The molecule has 0 saturated heterocycles. The normalized spacial score (nSPS) is 10.8. The van der Waals surface area contributed by atoms with Gasteiger partial charge in [-0.25, -0.2) is 4.98 Å². The van der Waals surface area contributed by atoms with Gasteiger partial charge in [0.05, 0.1) is 10.9 Å². The van der Waals surface area contributed by atoms with E-state index in [2.05, 4.69) is 4.98 Å². The van der Waals surface area contributed by atoms with Crippen LogP contribution in [-0.4, -0.2) is 21.6 Å². The first-order chi connectivity index (χ1) is 8.06. The van der Waals surface area contributed by atoms with E-state index >= 15 is 0 Å².